The minimum absolute atomic E-state index is 0.196. The Hall–Kier alpha value is -0.670. The van der Waals surface area contributed by atoms with E-state index in [9.17, 15) is 4.79 Å². The highest BCUT2D eigenvalue weighted by Crippen LogP contribution is 2.07. The van der Waals surface area contributed by atoms with Gasteiger partial charge in [-0.15, -0.1) is 11.3 Å². The molecule has 0 spiro atoms. The molecule has 0 bridgehead atoms. The predicted octanol–water partition coefficient (Wildman–Crippen LogP) is 1.47. The van der Waals surface area contributed by atoms with E-state index in [0.717, 1.165) is 13.0 Å². The van der Waals surface area contributed by atoms with Crippen LogP contribution in [-0.4, -0.2) is 18.9 Å². The van der Waals surface area contributed by atoms with E-state index in [-0.39, 0.29) is 5.78 Å². The van der Waals surface area contributed by atoms with Crippen molar-refractivity contribution >= 4 is 17.1 Å². The quantitative estimate of drug-likeness (QED) is 0.700. The maximum Gasteiger partial charge on any atom is 0.143 e. The number of ketones is 1. The number of Topliss-reactive ketones (excluding diaryl/α,β-unsaturated/α-hetero) is 1. The van der Waals surface area contributed by atoms with Crippen molar-refractivity contribution in [3.63, 3.8) is 0 Å². The summed E-state index contributed by atoms with van der Waals surface area (Å²) in [5.74, 6) is 0.196. The van der Waals surface area contributed by atoms with E-state index in [1.54, 1.807) is 18.3 Å². The molecule has 1 aromatic rings. The van der Waals surface area contributed by atoms with Crippen LogP contribution in [0.3, 0.4) is 0 Å². The molecule has 0 radical (unpaired) electrons. The van der Waals surface area contributed by atoms with E-state index in [1.165, 1.54) is 4.88 Å². The molecule has 0 aliphatic heterocycles. The molecule has 12 heavy (non-hydrogen) atoms. The van der Waals surface area contributed by atoms with Gasteiger partial charge in [0.1, 0.15) is 5.78 Å². The Labute approximate surface area is 76.6 Å². The molecule has 0 saturated carbocycles. The normalized spacial score (nSPS) is 10.1. The first kappa shape index (κ1) is 9.42. The average Bonchev–Trinajstić information content (AvgIpc) is 2.49. The number of thiophene rings is 1. The minimum atomic E-state index is 0.196. The summed E-state index contributed by atoms with van der Waals surface area (Å²) in [6.45, 7) is 2.98. The van der Waals surface area contributed by atoms with Crippen LogP contribution < -0.4 is 5.32 Å². The minimum Gasteiger partial charge on any atom is -0.310 e. The van der Waals surface area contributed by atoms with Crippen molar-refractivity contribution in [1.82, 2.24) is 5.32 Å². The number of hydrogen-bond acceptors (Lipinski definition) is 3. The molecule has 1 aromatic heterocycles. The molecule has 0 aliphatic rings. The molecule has 1 N–H and O–H groups in total. The molecule has 0 amide bonds. The van der Waals surface area contributed by atoms with Crippen LogP contribution in [0.2, 0.25) is 0 Å². The van der Waals surface area contributed by atoms with Gasteiger partial charge >= 0.3 is 0 Å². The molecule has 1 rings (SSSR count). The highest BCUT2D eigenvalue weighted by atomic mass is 32.1. The average molecular weight is 183 g/mol. The summed E-state index contributed by atoms with van der Waals surface area (Å²) in [5, 5.41) is 5.15. The van der Waals surface area contributed by atoms with Crippen LogP contribution in [0.25, 0.3) is 0 Å². The maximum atomic E-state index is 10.5. The zero-order valence-electron chi connectivity index (χ0n) is 7.17. The summed E-state index contributed by atoms with van der Waals surface area (Å²) in [6, 6.07) is 4.16. The fourth-order valence-electron chi connectivity index (χ4n) is 0.931. The van der Waals surface area contributed by atoms with E-state index in [1.807, 2.05) is 6.07 Å². The Morgan fingerprint density at radius 3 is 3.08 bits per heavy atom. The SMILES string of the molecule is CC(=O)CNCCc1cccs1. The lowest BCUT2D eigenvalue weighted by atomic mass is 10.3. The van der Waals surface area contributed by atoms with E-state index >= 15 is 0 Å². The number of nitrogens with one attached hydrogen (secondary N) is 1. The summed E-state index contributed by atoms with van der Waals surface area (Å²) >= 11 is 1.76. The Morgan fingerprint density at radius 1 is 1.67 bits per heavy atom. The highest BCUT2D eigenvalue weighted by Gasteiger charge is 1.94. The van der Waals surface area contributed by atoms with Crippen LogP contribution in [0.5, 0.6) is 0 Å². The third kappa shape index (κ3) is 3.64. The second-order valence-electron chi connectivity index (χ2n) is 2.71. The Bertz CT molecular complexity index is 231. The molecule has 66 valence electrons. The molecule has 0 atom stereocenters. The van der Waals surface area contributed by atoms with Gasteiger partial charge in [0.05, 0.1) is 6.54 Å². The molecule has 0 fully saturated rings. The molecular formula is C9H13NOS. The van der Waals surface area contributed by atoms with Crippen LogP contribution in [0.1, 0.15) is 11.8 Å². The largest absolute Gasteiger partial charge is 0.310 e. The fraction of sp³-hybridized carbons (Fsp3) is 0.444. The van der Waals surface area contributed by atoms with Gasteiger partial charge in [-0.1, -0.05) is 6.07 Å². The molecule has 0 unspecified atom stereocenters. The van der Waals surface area contributed by atoms with Gasteiger partial charge in [-0.05, 0) is 24.8 Å². The lowest BCUT2D eigenvalue weighted by Crippen LogP contribution is -2.22. The zero-order valence-corrected chi connectivity index (χ0v) is 7.99. The van der Waals surface area contributed by atoms with Crippen molar-refractivity contribution in [1.29, 1.82) is 0 Å². The molecule has 1 heterocycles. The van der Waals surface area contributed by atoms with Gasteiger partial charge in [0, 0.05) is 11.4 Å². The van der Waals surface area contributed by atoms with E-state index in [2.05, 4.69) is 16.8 Å². The zero-order chi connectivity index (χ0) is 8.81. The molecule has 0 aromatic carbocycles. The first-order valence-electron chi connectivity index (χ1n) is 4.01. The number of carbonyl (C=O) groups excluding carboxylic acids is 1. The number of rotatable bonds is 5. The van der Waals surface area contributed by atoms with Crippen LogP contribution in [0.4, 0.5) is 0 Å². The van der Waals surface area contributed by atoms with Crippen LogP contribution in [0, 0.1) is 0 Å². The van der Waals surface area contributed by atoms with Crippen LogP contribution >= 0.6 is 11.3 Å². The van der Waals surface area contributed by atoms with Crippen molar-refractivity contribution in [3.8, 4) is 0 Å². The monoisotopic (exact) mass is 183 g/mol. The van der Waals surface area contributed by atoms with E-state index in [4.69, 9.17) is 0 Å². The molecule has 0 aliphatic carbocycles. The summed E-state index contributed by atoms with van der Waals surface area (Å²) < 4.78 is 0. The smallest absolute Gasteiger partial charge is 0.143 e. The second-order valence-corrected chi connectivity index (χ2v) is 3.74. The highest BCUT2D eigenvalue weighted by molar-refractivity contribution is 7.09. The standard InChI is InChI=1S/C9H13NOS/c1-8(11)7-10-5-4-9-3-2-6-12-9/h2-3,6,10H,4-5,7H2,1H3. The lowest BCUT2D eigenvalue weighted by Gasteiger charge is -1.99. The summed E-state index contributed by atoms with van der Waals surface area (Å²) in [6.07, 6.45) is 1.02. The summed E-state index contributed by atoms with van der Waals surface area (Å²) in [4.78, 5) is 11.9. The van der Waals surface area contributed by atoms with Crippen LogP contribution in [-0.2, 0) is 11.2 Å². The number of carbonyl (C=O) groups is 1. The van der Waals surface area contributed by atoms with Crippen molar-refractivity contribution in [2.75, 3.05) is 13.1 Å². The predicted molar refractivity (Wildman–Crippen MR) is 51.6 cm³/mol. The molecular weight excluding hydrogens is 170 g/mol. The first-order chi connectivity index (χ1) is 5.79. The topological polar surface area (TPSA) is 29.1 Å². The van der Waals surface area contributed by atoms with Gasteiger partial charge in [0.25, 0.3) is 0 Å². The molecule has 2 nitrogen and oxygen atoms in total. The third-order valence-corrected chi connectivity index (χ3v) is 2.44. The van der Waals surface area contributed by atoms with E-state index < -0.39 is 0 Å². The van der Waals surface area contributed by atoms with Gasteiger partial charge < -0.3 is 5.32 Å². The van der Waals surface area contributed by atoms with Crippen molar-refractivity contribution in [2.24, 2.45) is 0 Å². The third-order valence-electron chi connectivity index (χ3n) is 1.50. The Kier molecular flexibility index (Phi) is 3.97. The van der Waals surface area contributed by atoms with Gasteiger partial charge in [-0.2, -0.15) is 0 Å². The van der Waals surface area contributed by atoms with Gasteiger partial charge in [-0.25, -0.2) is 0 Å². The van der Waals surface area contributed by atoms with Crippen LogP contribution in [0.15, 0.2) is 17.5 Å². The number of hydrogen-bond donors (Lipinski definition) is 1. The van der Waals surface area contributed by atoms with Crippen molar-refractivity contribution in [2.45, 2.75) is 13.3 Å². The Balaban J connectivity index is 2.07. The van der Waals surface area contributed by atoms with Gasteiger partial charge in [0.15, 0.2) is 0 Å². The second kappa shape index (κ2) is 5.06. The van der Waals surface area contributed by atoms with Crippen molar-refractivity contribution in [3.05, 3.63) is 22.4 Å². The molecule has 0 saturated heterocycles. The molecule has 3 heteroatoms. The van der Waals surface area contributed by atoms with E-state index in [0.29, 0.717) is 6.54 Å². The van der Waals surface area contributed by atoms with Crippen molar-refractivity contribution < 1.29 is 4.79 Å². The van der Waals surface area contributed by atoms with Gasteiger partial charge in [0.2, 0.25) is 0 Å². The summed E-state index contributed by atoms with van der Waals surface area (Å²) in [5.41, 5.74) is 0. The fourth-order valence-corrected chi connectivity index (χ4v) is 1.64. The maximum absolute atomic E-state index is 10.5. The lowest BCUT2D eigenvalue weighted by molar-refractivity contribution is -0.116. The summed E-state index contributed by atoms with van der Waals surface area (Å²) in [7, 11) is 0. The van der Waals surface area contributed by atoms with Gasteiger partial charge in [-0.3, -0.25) is 4.79 Å². The Morgan fingerprint density at radius 2 is 2.50 bits per heavy atom. The first-order valence-corrected chi connectivity index (χ1v) is 4.89.